The van der Waals surface area contributed by atoms with Gasteiger partial charge in [0.2, 0.25) is 5.95 Å². The molecule has 0 saturated heterocycles. The molecule has 0 aliphatic heterocycles. The molecule has 0 aliphatic rings. The van der Waals surface area contributed by atoms with E-state index in [1.54, 1.807) is 13.0 Å². The lowest BCUT2D eigenvalue weighted by Crippen LogP contribution is -2.41. The molecule has 1 amide bonds. The second-order valence-electron chi connectivity index (χ2n) is 7.17. The second kappa shape index (κ2) is 10.5. The van der Waals surface area contributed by atoms with E-state index in [0.717, 1.165) is 17.7 Å². The van der Waals surface area contributed by atoms with Gasteiger partial charge in [-0.15, -0.1) is 0 Å². The molecule has 0 radical (unpaired) electrons. The number of aromatic nitrogens is 2. The Morgan fingerprint density at radius 3 is 2.44 bits per heavy atom. The number of allylic oxidation sites excluding steroid dienone is 2. The summed E-state index contributed by atoms with van der Waals surface area (Å²) in [4.78, 5) is 20.8. The molecule has 1 aromatic heterocycles. The van der Waals surface area contributed by atoms with Gasteiger partial charge >= 0.3 is 6.18 Å². The molecule has 11 heteroatoms. The Kier molecular flexibility index (Phi) is 8.23. The Bertz CT molecular complexity index is 1020. The van der Waals surface area contributed by atoms with Gasteiger partial charge in [0.1, 0.15) is 0 Å². The monoisotopic (exact) mass is 468 g/mol. The van der Waals surface area contributed by atoms with Gasteiger partial charge in [0, 0.05) is 18.8 Å². The van der Waals surface area contributed by atoms with Crippen LogP contribution >= 0.6 is 11.6 Å². The molecule has 172 valence electrons. The standard InChI is InChI=1S/C21H24ClF3N6O/c1-12(2)8-9-16(31(27)20-28-10-5-11-29-20)18(26)13(3)30-19(32)14-6-4-7-15(17(14)22)21(23,24)25/h4-8,10-11,13H,9,26-27H2,1-3H3,(H,30,32)/b18-16-. The van der Waals surface area contributed by atoms with E-state index in [2.05, 4.69) is 15.3 Å². The summed E-state index contributed by atoms with van der Waals surface area (Å²) < 4.78 is 39.3. The number of hydrogen-bond donors (Lipinski definition) is 3. The average molecular weight is 469 g/mol. The van der Waals surface area contributed by atoms with Gasteiger partial charge in [0.15, 0.2) is 0 Å². The van der Waals surface area contributed by atoms with Crippen molar-refractivity contribution in [1.82, 2.24) is 15.3 Å². The van der Waals surface area contributed by atoms with Crippen LogP contribution in [0.3, 0.4) is 0 Å². The first-order chi connectivity index (χ1) is 14.9. The maximum atomic E-state index is 13.1. The molecule has 0 aliphatic carbocycles. The predicted octanol–water partition coefficient (Wildman–Crippen LogP) is 4.17. The van der Waals surface area contributed by atoms with E-state index in [1.165, 1.54) is 23.5 Å². The van der Waals surface area contributed by atoms with E-state index in [9.17, 15) is 18.0 Å². The highest BCUT2D eigenvalue weighted by Gasteiger charge is 2.34. The van der Waals surface area contributed by atoms with Crippen LogP contribution in [-0.4, -0.2) is 21.9 Å². The normalized spacial score (nSPS) is 13.1. The molecule has 0 spiro atoms. The van der Waals surface area contributed by atoms with E-state index >= 15 is 0 Å². The number of nitrogens with two attached hydrogens (primary N) is 2. The van der Waals surface area contributed by atoms with Crippen molar-refractivity contribution >= 4 is 23.5 Å². The van der Waals surface area contributed by atoms with Gasteiger partial charge in [0.25, 0.3) is 5.91 Å². The molecule has 2 aromatic rings. The van der Waals surface area contributed by atoms with E-state index in [4.69, 9.17) is 23.2 Å². The van der Waals surface area contributed by atoms with Crippen LogP contribution in [0.25, 0.3) is 0 Å². The zero-order valence-electron chi connectivity index (χ0n) is 17.7. The zero-order chi connectivity index (χ0) is 24.1. The minimum absolute atomic E-state index is 0.187. The van der Waals surface area contributed by atoms with E-state index in [-0.39, 0.29) is 17.2 Å². The van der Waals surface area contributed by atoms with Gasteiger partial charge in [-0.2, -0.15) is 13.2 Å². The van der Waals surface area contributed by atoms with Crippen LogP contribution in [0.5, 0.6) is 0 Å². The summed E-state index contributed by atoms with van der Waals surface area (Å²) in [6.07, 6.45) is 0.525. The van der Waals surface area contributed by atoms with Gasteiger partial charge in [-0.1, -0.05) is 29.3 Å². The van der Waals surface area contributed by atoms with Crippen LogP contribution < -0.4 is 21.9 Å². The number of nitrogens with one attached hydrogen (secondary N) is 1. The minimum atomic E-state index is -4.69. The molecule has 1 aromatic carbocycles. The third-order valence-corrected chi connectivity index (χ3v) is 4.87. The molecular formula is C21H24ClF3N6O. The van der Waals surface area contributed by atoms with Crippen molar-refractivity contribution in [2.45, 2.75) is 39.4 Å². The second-order valence-corrected chi connectivity index (χ2v) is 7.54. The Hall–Kier alpha value is -3.11. The summed E-state index contributed by atoms with van der Waals surface area (Å²) in [5.74, 6) is 5.56. The van der Waals surface area contributed by atoms with Crippen LogP contribution in [0, 0.1) is 0 Å². The van der Waals surface area contributed by atoms with Crippen LogP contribution in [0.1, 0.15) is 43.1 Å². The number of hydrogen-bond acceptors (Lipinski definition) is 6. The fourth-order valence-corrected chi connectivity index (χ4v) is 3.04. The summed E-state index contributed by atoms with van der Waals surface area (Å²) in [5.41, 5.74) is 6.49. The Morgan fingerprint density at radius 2 is 1.88 bits per heavy atom. The Labute approximate surface area is 188 Å². The molecule has 0 bridgehead atoms. The number of rotatable bonds is 7. The maximum absolute atomic E-state index is 13.1. The third kappa shape index (κ3) is 6.21. The number of hydrazine groups is 1. The number of anilines is 1. The van der Waals surface area contributed by atoms with E-state index < -0.39 is 28.7 Å². The first-order valence-corrected chi connectivity index (χ1v) is 9.91. The van der Waals surface area contributed by atoms with Gasteiger partial charge in [-0.3, -0.25) is 4.79 Å². The lowest BCUT2D eigenvalue weighted by Gasteiger charge is -2.25. The minimum Gasteiger partial charge on any atom is -0.399 e. The molecular weight excluding hydrogens is 445 g/mol. The molecule has 0 saturated carbocycles. The lowest BCUT2D eigenvalue weighted by molar-refractivity contribution is -0.137. The molecule has 1 unspecified atom stereocenters. The largest absolute Gasteiger partial charge is 0.417 e. The average Bonchev–Trinajstić information content (AvgIpc) is 2.73. The van der Waals surface area contributed by atoms with Gasteiger partial charge in [-0.25, -0.2) is 20.8 Å². The number of carbonyl (C=O) groups excluding carboxylic acids is 1. The summed E-state index contributed by atoms with van der Waals surface area (Å²) >= 11 is 5.85. The Balaban J connectivity index is 2.36. The van der Waals surface area contributed by atoms with E-state index in [1.807, 2.05) is 19.9 Å². The van der Waals surface area contributed by atoms with Crippen LogP contribution in [0.15, 0.2) is 59.7 Å². The first-order valence-electron chi connectivity index (χ1n) is 9.53. The van der Waals surface area contributed by atoms with Gasteiger partial charge in [0.05, 0.1) is 33.6 Å². The number of benzene rings is 1. The summed E-state index contributed by atoms with van der Waals surface area (Å²) in [6.45, 7) is 5.38. The van der Waals surface area contributed by atoms with Gasteiger partial charge in [-0.05, 0) is 39.0 Å². The molecule has 0 fully saturated rings. The number of nitrogens with zero attached hydrogens (tertiary/aromatic N) is 3. The molecule has 7 nitrogen and oxygen atoms in total. The predicted molar refractivity (Wildman–Crippen MR) is 117 cm³/mol. The molecule has 2 rings (SSSR count). The number of halogens is 4. The SMILES string of the molecule is CC(C)=CC/C(=C(/N)C(C)NC(=O)c1cccc(C(F)(F)F)c1Cl)N(N)c1ncccn1. The summed E-state index contributed by atoms with van der Waals surface area (Å²) in [5, 5.41) is 3.09. The number of carbonyl (C=O) groups is 1. The molecule has 1 atom stereocenters. The van der Waals surface area contributed by atoms with Crippen LogP contribution in [-0.2, 0) is 6.18 Å². The topological polar surface area (TPSA) is 110 Å². The van der Waals surface area contributed by atoms with Crippen molar-refractivity contribution in [3.8, 4) is 0 Å². The third-order valence-electron chi connectivity index (χ3n) is 4.46. The highest BCUT2D eigenvalue weighted by atomic mass is 35.5. The van der Waals surface area contributed by atoms with Crippen molar-refractivity contribution < 1.29 is 18.0 Å². The molecule has 5 N–H and O–H groups in total. The summed E-state index contributed by atoms with van der Waals surface area (Å²) in [6, 6.07) is 3.96. The molecule has 1 heterocycles. The zero-order valence-corrected chi connectivity index (χ0v) is 18.5. The smallest absolute Gasteiger partial charge is 0.399 e. The highest BCUT2D eigenvalue weighted by Crippen LogP contribution is 2.36. The lowest BCUT2D eigenvalue weighted by atomic mass is 10.1. The van der Waals surface area contributed by atoms with Crippen molar-refractivity contribution in [2.24, 2.45) is 11.6 Å². The fourth-order valence-electron chi connectivity index (χ4n) is 2.72. The van der Waals surface area contributed by atoms with Gasteiger partial charge < -0.3 is 11.1 Å². The highest BCUT2D eigenvalue weighted by molar-refractivity contribution is 6.34. The first kappa shape index (κ1) is 25.2. The summed E-state index contributed by atoms with van der Waals surface area (Å²) in [7, 11) is 0. The van der Waals surface area contributed by atoms with Crippen molar-refractivity contribution in [2.75, 3.05) is 5.01 Å². The maximum Gasteiger partial charge on any atom is 0.417 e. The number of amides is 1. The fraction of sp³-hybridized carbons (Fsp3) is 0.286. The van der Waals surface area contributed by atoms with Crippen molar-refractivity contribution in [3.63, 3.8) is 0 Å². The van der Waals surface area contributed by atoms with E-state index in [0.29, 0.717) is 12.1 Å². The Morgan fingerprint density at radius 1 is 1.25 bits per heavy atom. The van der Waals surface area contributed by atoms with Crippen molar-refractivity contribution in [1.29, 1.82) is 0 Å². The van der Waals surface area contributed by atoms with Crippen LogP contribution in [0.2, 0.25) is 5.02 Å². The van der Waals surface area contributed by atoms with Crippen LogP contribution in [0.4, 0.5) is 19.1 Å². The quantitative estimate of drug-likeness (QED) is 0.319. The molecule has 32 heavy (non-hydrogen) atoms. The number of alkyl halides is 3. The van der Waals surface area contributed by atoms with Crippen molar-refractivity contribution in [3.05, 3.63) is 75.9 Å².